The number of ether oxygens (including phenoxy) is 1. The normalized spacial score (nSPS) is 10.1. The van der Waals surface area contributed by atoms with Crippen LogP contribution >= 0.6 is 0 Å². The van der Waals surface area contributed by atoms with Gasteiger partial charge in [-0.05, 0) is 13.0 Å². The lowest BCUT2D eigenvalue weighted by Gasteiger charge is -2.18. The first-order chi connectivity index (χ1) is 8.08. The Hall–Kier alpha value is -1.55. The molecule has 4 heteroatoms. The number of amides is 1. The molecule has 0 radical (unpaired) electrons. The second-order valence-corrected chi connectivity index (χ2v) is 4.04. The van der Waals surface area contributed by atoms with Gasteiger partial charge in [0.2, 0.25) is 5.91 Å². The zero-order valence-corrected chi connectivity index (χ0v) is 10.6. The summed E-state index contributed by atoms with van der Waals surface area (Å²) in [7, 11) is 3.34. The Bertz CT molecular complexity index is 390. The smallest absolute Gasteiger partial charge is 0.224 e. The summed E-state index contributed by atoms with van der Waals surface area (Å²) in [6.07, 6.45) is 0.157. The van der Waals surface area contributed by atoms with Crippen LogP contribution in [-0.4, -0.2) is 36.7 Å². The van der Waals surface area contributed by atoms with Crippen LogP contribution in [0, 0.1) is 6.92 Å². The molecule has 0 bridgehead atoms. The molecule has 0 saturated heterocycles. The first-order valence-electron chi connectivity index (χ1n) is 5.56. The molecular weight excluding hydrogens is 218 g/mol. The highest BCUT2D eigenvalue weighted by Gasteiger charge is 2.11. The predicted octanol–water partition coefficient (Wildman–Crippen LogP) is 1.34. The number of carbonyl (C=O) groups excluding carboxylic acids is 1. The highest BCUT2D eigenvalue weighted by atomic mass is 16.5. The zero-order chi connectivity index (χ0) is 12.8. The van der Waals surface area contributed by atoms with Gasteiger partial charge in [-0.15, -0.1) is 0 Å². The largest absolute Gasteiger partial charge is 0.496 e. The van der Waals surface area contributed by atoms with Gasteiger partial charge in [0, 0.05) is 25.6 Å². The van der Waals surface area contributed by atoms with Gasteiger partial charge in [-0.25, -0.2) is 0 Å². The third kappa shape index (κ3) is 3.75. The first-order valence-corrected chi connectivity index (χ1v) is 5.56. The Morgan fingerprint density at radius 2 is 2.18 bits per heavy atom. The molecule has 0 spiro atoms. The number of aliphatic hydroxyl groups excluding tert-OH is 1. The molecule has 1 rings (SSSR count). The van der Waals surface area contributed by atoms with Crippen LogP contribution in [0.3, 0.4) is 0 Å². The zero-order valence-electron chi connectivity index (χ0n) is 10.6. The quantitative estimate of drug-likeness (QED) is 0.841. The number of carbonyl (C=O) groups is 1. The molecule has 1 N–H and O–H groups in total. The lowest BCUT2D eigenvalue weighted by Crippen LogP contribution is -2.26. The molecule has 0 aliphatic rings. The van der Waals surface area contributed by atoms with Gasteiger partial charge >= 0.3 is 0 Å². The van der Waals surface area contributed by atoms with E-state index >= 15 is 0 Å². The van der Waals surface area contributed by atoms with Crippen molar-refractivity contribution in [2.75, 3.05) is 20.8 Å². The minimum atomic E-state index is -0.117. The molecule has 0 aliphatic heterocycles. The van der Waals surface area contributed by atoms with Crippen molar-refractivity contribution >= 4 is 5.91 Å². The maximum atomic E-state index is 11.6. The third-order valence-electron chi connectivity index (χ3n) is 2.59. The highest BCUT2D eigenvalue weighted by molar-refractivity contribution is 5.76. The number of hydrogen-bond acceptors (Lipinski definition) is 3. The number of aryl methyl sites for hydroxylation is 1. The Balaban J connectivity index is 2.79. The number of aliphatic hydroxyl groups is 1. The molecule has 17 heavy (non-hydrogen) atoms. The van der Waals surface area contributed by atoms with E-state index in [-0.39, 0.29) is 18.9 Å². The van der Waals surface area contributed by atoms with E-state index in [4.69, 9.17) is 9.84 Å². The summed E-state index contributed by atoms with van der Waals surface area (Å²) in [5, 5.41) is 8.72. The highest BCUT2D eigenvalue weighted by Crippen LogP contribution is 2.21. The van der Waals surface area contributed by atoms with Crippen molar-refractivity contribution in [1.82, 2.24) is 4.90 Å². The van der Waals surface area contributed by atoms with Crippen molar-refractivity contribution in [2.45, 2.75) is 19.9 Å². The number of hydrogen-bond donors (Lipinski definition) is 1. The topological polar surface area (TPSA) is 49.8 Å². The molecule has 0 aliphatic carbocycles. The lowest BCUT2D eigenvalue weighted by molar-refractivity contribution is -0.131. The van der Waals surface area contributed by atoms with E-state index in [1.807, 2.05) is 25.1 Å². The molecule has 94 valence electrons. The molecule has 0 heterocycles. The Morgan fingerprint density at radius 1 is 1.47 bits per heavy atom. The van der Waals surface area contributed by atoms with Crippen molar-refractivity contribution in [2.24, 2.45) is 0 Å². The van der Waals surface area contributed by atoms with E-state index in [0.717, 1.165) is 16.9 Å². The number of rotatable bonds is 5. The Morgan fingerprint density at radius 3 is 2.76 bits per heavy atom. The molecule has 1 amide bonds. The fourth-order valence-electron chi connectivity index (χ4n) is 1.66. The molecule has 0 atom stereocenters. The van der Waals surface area contributed by atoms with Crippen LogP contribution in [0.5, 0.6) is 5.75 Å². The van der Waals surface area contributed by atoms with Gasteiger partial charge in [-0.1, -0.05) is 17.7 Å². The summed E-state index contributed by atoms with van der Waals surface area (Å²) < 4.78 is 5.25. The van der Waals surface area contributed by atoms with Crippen LogP contribution in [0.15, 0.2) is 18.2 Å². The predicted molar refractivity (Wildman–Crippen MR) is 65.9 cm³/mol. The van der Waals surface area contributed by atoms with Crippen LogP contribution in [-0.2, 0) is 11.3 Å². The Kier molecular flexibility index (Phi) is 4.97. The van der Waals surface area contributed by atoms with Crippen molar-refractivity contribution in [1.29, 1.82) is 0 Å². The average molecular weight is 237 g/mol. The van der Waals surface area contributed by atoms with Gasteiger partial charge in [0.15, 0.2) is 0 Å². The van der Waals surface area contributed by atoms with E-state index in [9.17, 15) is 4.79 Å². The average Bonchev–Trinajstić information content (AvgIpc) is 2.29. The van der Waals surface area contributed by atoms with Crippen molar-refractivity contribution in [3.05, 3.63) is 29.3 Å². The third-order valence-corrected chi connectivity index (χ3v) is 2.59. The van der Waals surface area contributed by atoms with Gasteiger partial charge in [-0.2, -0.15) is 0 Å². The monoisotopic (exact) mass is 237 g/mol. The van der Waals surface area contributed by atoms with Crippen molar-refractivity contribution in [3.8, 4) is 5.75 Å². The summed E-state index contributed by atoms with van der Waals surface area (Å²) in [6.45, 7) is 2.37. The van der Waals surface area contributed by atoms with Gasteiger partial charge in [0.25, 0.3) is 0 Å². The lowest BCUT2D eigenvalue weighted by atomic mass is 10.1. The van der Waals surface area contributed by atoms with E-state index in [1.165, 1.54) is 0 Å². The molecule has 1 aromatic carbocycles. The standard InChI is InChI=1S/C13H19NO3/c1-10-4-5-12(17-3)11(8-10)9-14(2)13(16)6-7-15/h4-5,8,15H,6-7,9H2,1-3H3. The molecule has 0 saturated carbocycles. The van der Waals surface area contributed by atoms with Gasteiger partial charge < -0.3 is 14.7 Å². The summed E-state index contributed by atoms with van der Waals surface area (Å²) >= 11 is 0. The number of nitrogens with zero attached hydrogens (tertiary/aromatic N) is 1. The van der Waals surface area contributed by atoms with Crippen LogP contribution < -0.4 is 4.74 Å². The number of benzene rings is 1. The van der Waals surface area contributed by atoms with Crippen molar-refractivity contribution in [3.63, 3.8) is 0 Å². The molecule has 4 nitrogen and oxygen atoms in total. The van der Waals surface area contributed by atoms with Crippen molar-refractivity contribution < 1.29 is 14.6 Å². The fraction of sp³-hybridized carbons (Fsp3) is 0.462. The number of methoxy groups -OCH3 is 1. The summed E-state index contributed by atoms with van der Waals surface area (Å²) in [5.74, 6) is 0.704. The van der Waals surface area contributed by atoms with Crippen LogP contribution in [0.4, 0.5) is 0 Å². The summed E-state index contributed by atoms with van der Waals surface area (Å²) in [6, 6.07) is 5.87. The minimum absolute atomic E-state index is 0.0731. The maximum Gasteiger partial charge on any atom is 0.224 e. The van der Waals surface area contributed by atoms with Crippen LogP contribution in [0.1, 0.15) is 17.5 Å². The Labute approximate surface area is 102 Å². The molecular formula is C13H19NO3. The second-order valence-electron chi connectivity index (χ2n) is 4.04. The molecule has 1 aromatic rings. The van der Waals surface area contributed by atoms with Crippen LogP contribution in [0.2, 0.25) is 0 Å². The van der Waals surface area contributed by atoms with E-state index in [2.05, 4.69) is 0 Å². The van der Waals surface area contributed by atoms with E-state index in [0.29, 0.717) is 6.54 Å². The van der Waals surface area contributed by atoms with Crippen LogP contribution in [0.25, 0.3) is 0 Å². The maximum absolute atomic E-state index is 11.6. The van der Waals surface area contributed by atoms with Gasteiger partial charge in [-0.3, -0.25) is 4.79 Å². The van der Waals surface area contributed by atoms with E-state index in [1.54, 1.807) is 19.1 Å². The molecule has 0 aromatic heterocycles. The second kappa shape index (κ2) is 6.25. The SMILES string of the molecule is COc1ccc(C)cc1CN(C)C(=O)CCO. The summed E-state index contributed by atoms with van der Waals surface area (Å²) in [5.41, 5.74) is 2.10. The summed E-state index contributed by atoms with van der Waals surface area (Å²) in [4.78, 5) is 13.1. The van der Waals surface area contributed by atoms with E-state index < -0.39 is 0 Å². The molecule has 0 unspecified atom stereocenters. The molecule has 0 fully saturated rings. The fourth-order valence-corrected chi connectivity index (χ4v) is 1.66. The first kappa shape index (κ1) is 13.5. The van der Waals surface area contributed by atoms with Gasteiger partial charge in [0.1, 0.15) is 5.75 Å². The van der Waals surface area contributed by atoms with Gasteiger partial charge in [0.05, 0.1) is 13.7 Å². The minimum Gasteiger partial charge on any atom is -0.496 e.